The van der Waals surface area contributed by atoms with Gasteiger partial charge < -0.3 is 5.32 Å². The van der Waals surface area contributed by atoms with Crippen LogP contribution in [0.5, 0.6) is 0 Å². The van der Waals surface area contributed by atoms with E-state index in [9.17, 15) is 0 Å². The summed E-state index contributed by atoms with van der Waals surface area (Å²) >= 11 is 0. The van der Waals surface area contributed by atoms with Crippen molar-refractivity contribution in [1.29, 1.82) is 0 Å². The maximum atomic E-state index is 4.57. The van der Waals surface area contributed by atoms with E-state index in [2.05, 4.69) is 41.4 Å². The minimum Gasteiger partial charge on any atom is -0.313 e. The maximum absolute atomic E-state index is 4.57. The summed E-state index contributed by atoms with van der Waals surface area (Å²) in [5.74, 6) is 1.65. The lowest BCUT2D eigenvalue weighted by molar-refractivity contribution is 0.225. The van der Waals surface area contributed by atoms with E-state index in [-0.39, 0.29) is 0 Å². The van der Waals surface area contributed by atoms with E-state index in [1.165, 1.54) is 37.7 Å². The van der Waals surface area contributed by atoms with Crippen LogP contribution in [-0.4, -0.2) is 17.0 Å². The van der Waals surface area contributed by atoms with Crippen LogP contribution in [0.25, 0.3) is 11.0 Å². The van der Waals surface area contributed by atoms with Crippen molar-refractivity contribution in [3.05, 3.63) is 36.2 Å². The van der Waals surface area contributed by atoms with Crippen LogP contribution in [0.2, 0.25) is 0 Å². The number of hydrogen-bond acceptors (Lipinski definition) is 3. The third-order valence-electron chi connectivity index (χ3n) is 5.12. The predicted molar refractivity (Wildman–Crippen MR) is 87.1 cm³/mol. The zero-order valence-electron chi connectivity index (χ0n) is 13.0. The molecule has 1 atom stereocenters. The van der Waals surface area contributed by atoms with Crippen molar-refractivity contribution in [2.24, 2.45) is 11.8 Å². The molecule has 3 heteroatoms. The average molecular weight is 283 g/mol. The second-order valence-corrected chi connectivity index (χ2v) is 6.23. The van der Waals surface area contributed by atoms with Gasteiger partial charge in [-0.05, 0) is 43.4 Å². The van der Waals surface area contributed by atoms with Crippen LogP contribution in [0.15, 0.2) is 30.6 Å². The largest absolute Gasteiger partial charge is 0.313 e. The topological polar surface area (TPSA) is 37.8 Å². The van der Waals surface area contributed by atoms with E-state index in [1.54, 1.807) is 12.4 Å². The van der Waals surface area contributed by atoms with Crippen molar-refractivity contribution in [1.82, 2.24) is 15.3 Å². The highest BCUT2D eigenvalue weighted by atomic mass is 14.9. The van der Waals surface area contributed by atoms with Gasteiger partial charge in [0.2, 0.25) is 0 Å². The number of hydrogen-bond donors (Lipinski definition) is 1. The molecule has 1 aliphatic carbocycles. The van der Waals surface area contributed by atoms with Crippen LogP contribution in [0, 0.1) is 11.8 Å². The number of para-hydroxylation sites is 1. The Hall–Kier alpha value is -1.48. The van der Waals surface area contributed by atoms with Crippen molar-refractivity contribution in [3.63, 3.8) is 0 Å². The SMILES string of the molecule is CCC1CCC(C(NC)c2cccc3nccnc23)CC1. The van der Waals surface area contributed by atoms with Gasteiger partial charge in [-0.15, -0.1) is 0 Å². The average Bonchev–Trinajstić information content (AvgIpc) is 2.56. The van der Waals surface area contributed by atoms with Gasteiger partial charge in [0, 0.05) is 18.4 Å². The minimum absolute atomic E-state index is 0.392. The molecule has 1 aliphatic rings. The number of nitrogens with one attached hydrogen (secondary N) is 1. The molecule has 0 aliphatic heterocycles. The van der Waals surface area contributed by atoms with Crippen molar-refractivity contribution in [3.8, 4) is 0 Å². The van der Waals surface area contributed by atoms with Gasteiger partial charge >= 0.3 is 0 Å². The summed E-state index contributed by atoms with van der Waals surface area (Å²) < 4.78 is 0. The molecule has 0 amide bonds. The molecule has 0 radical (unpaired) electrons. The predicted octanol–water partition coefficient (Wildman–Crippen LogP) is 4.11. The van der Waals surface area contributed by atoms with E-state index >= 15 is 0 Å². The number of aromatic nitrogens is 2. The first-order valence-corrected chi connectivity index (χ1v) is 8.20. The Kier molecular flexibility index (Phi) is 4.49. The highest BCUT2D eigenvalue weighted by Gasteiger charge is 2.28. The number of rotatable bonds is 4. The van der Waals surface area contributed by atoms with Gasteiger partial charge in [-0.1, -0.05) is 38.3 Å². The molecule has 0 saturated heterocycles. The van der Waals surface area contributed by atoms with Gasteiger partial charge in [0.1, 0.15) is 0 Å². The van der Waals surface area contributed by atoms with Gasteiger partial charge in [-0.3, -0.25) is 9.97 Å². The van der Waals surface area contributed by atoms with Crippen LogP contribution in [0.3, 0.4) is 0 Å². The third kappa shape index (κ3) is 2.93. The smallest absolute Gasteiger partial charge is 0.0934 e. The fraction of sp³-hybridized carbons (Fsp3) is 0.556. The number of nitrogens with zero attached hydrogens (tertiary/aromatic N) is 2. The first-order chi connectivity index (χ1) is 10.3. The summed E-state index contributed by atoms with van der Waals surface area (Å²) in [7, 11) is 2.08. The lowest BCUT2D eigenvalue weighted by Crippen LogP contribution is -2.29. The Morgan fingerprint density at radius 3 is 2.62 bits per heavy atom. The molecular weight excluding hydrogens is 258 g/mol. The number of fused-ring (bicyclic) bond motifs is 1. The van der Waals surface area contributed by atoms with Gasteiger partial charge in [0.05, 0.1) is 11.0 Å². The van der Waals surface area contributed by atoms with Crippen LogP contribution in [0.4, 0.5) is 0 Å². The van der Waals surface area contributed by atoms with Crippen LogP contribution in [0.1, 0.15) is 50.6 Å². The second kappa shape index (κ2) is 6.52. The molecule has 112 valence electrons. The molecule has 1 saturated carbocycles. The Labute approximate surface area is 127 Å². The molecule has 1 heterocycles. The van der Waals surface area contributed by atoms with Crippen LogP contribution >= 0.6 is 0 Å². The molecule has 1 fully saturated rings. The van der Waals surface area contributed by atoms with Crippen molar-refractivity contribution >= 4 is 11.0 Å². The molecule has 21 heavy (non-hydrogen) atoms. The van der Waals surface area contributed by atoms with E-state index < -0.39 is 0 Å². The van der Waals surface area contributed by atoms with Crippen molar-refractivity contribution < 1.29 is 0 Å². The summed E-state index contributed by atoms with van der Waals surface area (Å²) in [6.45, 7) is 2.32. The fourth-order valence-electron chi connectivity index (χ4n) is 3.84. The summed E-state index contributed by atoms with van der Waals surface area (Å²) in [6, 6.07) is 6.76. The molecule has 1 aromatic heterocycles. The van der Waals surface area contributed by atoms with Crippen molar-refractivity contribution in [2.45, 2.75) is 45.1 Å². The van der Waals surface area contributed by atoms with E-state index in [0.29, 0.717) is 12.0 Å². The molecular formula is C18H25N3. The Balaban J connectivity index is 1.88. The summed E-state index contributed by atoms with van der Waals surface area (Å²) in [5, 5.41) is 3.55. The number of benzene rings is 1. The molecule has 3 rings (SSSR count). The fourth-order valence-corrected chi connectivity index (χ4v) is 3.84. The molecule has 1 unspecified atom stereocenters. The van der Waals surface area contributed by atoms with E-state index in [0.717, 1.165) is 17.0 Å². The van der Waals surface area contributed by atoms with E-state index in [1.807, 2.05) is 6.07 Å². The zero-order chi connectivity index (χ0) is 14.7. The third-order valence-corrected chi connectivity index (χ3v) is 5.12. The molecule has 0 bridgehead atoms. The second-order valence-electron chi connectivity index (χ2n) is 6.23. The highest BCUT2D eigenvalue weighted by molar-refractivity contribution is 5.78. The zero-order valence-corrected chi connectivity index (χ0v) is 13.0. The summed E-state index contributed by atoms with van der Waals surface area (Å²) in [5.41, 5.74) is 3.36. The monoisotopic (exact) mass is 283 g/mol. The lowest BCUT2D eigenvalue weighted by atomic mass is 9.76. The van der Waals surface area contributed by atoms with Gasteiger partial charge in [0.15, 0.2) is 0 Å². The molecule has 3 nitrogen and oxygen atoms in total. The van der Waals surface area contributed by atoms with Gasteiger partial charge in [-0.25, -0.2) is 0 Å². The first-order valence-electron chi connectivity index (χ1n) is 8.20. The van der Waals surface area contributed by atoms with Crippen molar-refractivity contribution in [2.75, 3.05) is 7.05 Å². The molecule has 0 spiro atoms. The minimum atomic E-state index is 0.392. The van der Waals surface area contributed by atoms with Gasteiger partial charge in [0.25, 0.3) is 0 Å². The Bertz CT molecular complexity index is 583. The Morgan fingerprint density at radius 1 is 1.14 bits per heavy atom. The first kappa shape index (κ1) is 14.5. The molecule has 1 N–H and O–H groups in total. The Morgan fingerprint density at radius 2 is 1.90 bits per heavy atom. The summed E-state index contributed by atoms with van der Waals surface area (Å²) in [6.07, 6.45) is 10.3. The maximum Gasteiger partial charge on any atom is 0.0934 e. The highest BCUT2D eigenvalue weighted by Crippen LogP contribution is 2.39. The van der Waals surface area contributed by atoms with Gasteiger partial charge in [-0.2, -0.15) is 0 Å². The normalized spacial score (nSPS) is 24.1. The summed E-state index contributed by atoms with van der Waals surface area (Å²) in [4.78, 5) is 9.01. The van der Waals surface area contributed by atoms with E-state index in [4.69, 9.17) is 0 Å². The quantitative estimate of drug-likeness (QED) is 0.917. The molecule has 1 aromatic carbocycles. The van der Waals surface area contributed by atoms with Crippen LogP contribution < -0.4 is 5.32 Å². The lowest BCUT2D eigenvalue weighted by Gasteiger charge is -2.34. The van der Waals surface area contributed by atoms with Crippen LogP contribution in [-0.2, 0) is 0 Å². The molecule has 2 aromatic rings. The standard InChI is InChI=1S/C18H25N3/c1-3-13-7-9-14(10-8-13)17(19-2)15-5-4-6-16-18(15)21-12-11-20-16/h4-6,11-14,17,19H,3,7-10H2,1-2H3.